The lowest BCUT2D eigenvalue weighted by Gasteiger charge is -2.30. The van der Waals surface area contributed by atoms with E-state index in [-0.39, 0.29) is 0 Å². The molecule has 0 aromatic carbocycles. The molecule has 0 amide bonds. The number of aromatic nitrogens is 1. The highest BCUT2D eigenvalue weighted by atomic mass is 16.5. The molecule has 1 aliphatic rings. The fourth-order valence-electron chi connectivity index (χ4n) is 2.60. The van der Waals surface area contributed by atoms with Gasteiger partial charge in [0.2, 0.25) is 0 Å². The van der Waals surface area contributed by atoms with Gasteiger partial charge in [-0.25, -0.2) is 0 Å². The zero-order valence-electron chi connectivity index (χ0n) is 12.5. The number of hydrogen-bond donors (Lipinski definition) is 1. The van der Waals surface area contributed by atoms with E-state index in [9.17, 15) is 0 Å². The maximum atomic E-state index is 5.42. The van der Waals surface area contributed by atoms with E-state index in [4.69, 9.17) is 4.52 Å². The first kappa shape index (κ1) is 14.5. The summed E-state index contributed by atoms with van der Waals surface area (Å²) in [5.74, 6) is 1.92. The third-order valence-electron chi connectivity index (χ3n) is 3.96. The molecule has 0 radical (unpaired) electrons. The minimum absolute atomic E-state index is 0.480. The molecule has 1 saturated heterocycles. The van der Waals surface area contributed by atoms with Gasteiger partial charge in [0.15, 0.2) is 5.76 Å². The van der Waals surface area contributed by atoms with Gasteiger partial charge in [-0.15, -0.1) is 0 Å². The fourth-order valence-corrected chi connectivity index (χ4v) is 2.60. The average molecular weight is 265 g/mol. The first-order valence-corrected chi connectivity index (χ1v) is 7.57. The first-order chi connectivity index (χ1) is 9.17. The molecule has 4 heteroatoms. The Morgan fingerprint density at radius 1 is 1.42 bits per heavy atom. The molecule has 0 spiro atoms. The summed E-state index contributed by atoms with van der Waals surface area (Å²) in [5.41, 5.74) is 1.01. The van der Waals surface area contributed by atoms with Crippen molar-refractivity contribution in [1.82, 2.24) is 15.4 Å². The van der Waals surface area contributed by atoms with Gasteiger partial charge in [0.05, 0.1) is 12.2 Å². The van der Waals surface area contributed by atoms with Gasteiger partial charge < -0.3 is 9.84 Å². The molecule has 4 nitrogen and oxygen atoms in total. The van der Waals surface area contributed by atoms with Crippen LogP contribution < -0.4 is 5.32 Å². The van der Waals surface area contributed by atoms with Crippen LogP contribution in [0.5, 0.6) is 0 Å². The summed E-state index contributed by atoms with van der Waals surface area (Å²) >= 11 is 0. The van der Waals surface area contributed by atoms with Crippen LogP contribution in [0, 0.1) is 5.92 Å². The van der Waals surface area contributed by atoms with E-state index in [1.54, 1.807) is 0 Å². The lowest BCUT2D eigenvalue weighted by atomic mass is 9.94. The monoisotopic (exact) mass is 265 g/mol. The Kier molecular flexibility index (Phi) is 5.40. The maximum Gasteiger partial charge on any atom is 0.151 e. The molecule has 19 heavy (non-hydrogen) atoms. The Morgan fingerprint density at radius 3 is 2.79 bits per heavy atom. The molecule has 1 aromatic heterocycles. The van der Waals surface area contributed by atoms with Gasteiger partial charge in [-0.3, -0.25) is 4.90 Å². The Bertz CT molecular complexity index is 367. The van der Waals surface area contributed by atoms with Gasteiger partial charge in [-0.05, 0) is 31.8 Å². The topological polar surface area (TPSA) is 41.3 Å². The predicted molar refractivity (Wildman–Crippen MR) is 76.8 cm³/mol. The zero-order valence-corrected chi connectivity index (χ0v) is 12.5. The summed E-state index contributed by atoms with van der Waals surface area (Å²) in [5, 5.41) is 7.48. The molecule has 2 rings (SSSR count). The summed E-state index contributed by atoms with van der Waals surface area (Å²) in [7, 11) is 0. The molecule has 108 valence electrons. The quantitative estimate of drug-likeness (QED) is 0.858. The van der Waals surface area contributed by atoms with Gasteiger partial charge >= 0.3 is 0 Å². The Labute approximate surface area is 116 Å². The first-order valence-electron chi connectivity index (χ1n) is 7.57. The number of nitrogens with one attached hydrogen (secondary N) is 1. The molecule has 1 aromatic rings. The van der Waals surface area contributed by atoms with Crippen LogP contribution in [0.3, 0.4) is 0 Å². The molecule has 0 atom stereocenters. The summed E-state index contributed by atoms with van der Waals surface area (Å²) in [4.78, 5) is 2.48. The van der Waals surface area contributed by atoms with E-state index < -0.39 is 0 Å². The van der Waals surface area contributed by atoms with Crippen molar-refractivity contribution in [2.75, 3.05) is 13.1 Å². The summed E-state index contributed by atoms with van der Waals surface area (Å²) in [6.07, 6.45) is 3.97. The maximum absolute atomic E-state index is 5.42. The molecule has 1 fully saturated rings. The van der Waals surface area contributed by atoms with Gasteiger partial charge in [0.1, 0.15) is 0 Å². The van der Waals surface area contributed by atoms with Crippen molar-refractivity contribution < 1.29 is 4.52 Å². The molecule has 0 unspecified atom stereocenters. The van der Waals surface area contributed by atoms with Crippen LogP contribution >= 0.6 is 0 Å². The van der Waals surface area contributed by atoms with Crippen molar-refractivity contribution in [3.63, 3.8) is 0 Å². The van der Waals surface area contributed by atoms with E-state index in [2.05, 4.69) is 42.2 Å². The second-order valence-corrected chi connectivity index (χ2v) is 5.95. The van der Waals surface area contributed by atoms with Gasteiger partial charge in [0.25, 0.3) is 0 Å². The average Bonchev–Trinajstić information content (AvgIpc) is 2.85. The van der Waals surface area contributed by atoms with E-state index in [1.807, 2.05) is 0 Å². The lowest BCUT2D eigenvalue weighted by Crippen LogP contribution is -2.32. The summed E-state index contributed by atoms with van der Waals surface area (Å²) < 4.78 is 5.42. The summed E-state index contributed by atoms with van der Waals surface area (Å²) in [6, 6.07) is 2.56. The predicted octanol–water partition coefficient (Wildman–Crippen LogP) is 2.79. The van der Waals surface area contributed by atoms with Crippen molar-refractivity contribution in [3.05, 3.63) is 17.5 Å². The third kappa shape index (κ3) is 4.62. The number of piperidine rings is 1. The molecule has 1 aliphatic heterocycles. The number of rotatable bonds is 6. The van der Waals surface area contributed by atoms with Crippen LogP contribution in [0.4, 0.5) is 0 Å². The van der Waals surface area contributed by atoms with Crippen LogP contribution in [0.2, 0.25) is 0 Å². The van der Waals surface area contributed by atoms with Crippen molar-refractivity contribution in [2.45, 2.75) is 59.2 Å². The van der Waals surface area contributed by atoms with Crippen LogP contribution in [0.25, 0.3) is 0 Å². The van der Waals surface area contributed by atoms with E-state index in [0.29, 0.717) is 6.04 Å². The number of likely N-dealkylation sites (tertiary alicyclic amines) is 1. The molecule has 0 aliphatic carbocycles. The second-order valence-electron chi connectivity index (χ2n) is 5.95. The van der Waals surface area contributed by atoms with Crippen LogP contribution in [-0.2, 0) is 13.1 Å². The lowest BCUT2D eigenvalue weighted by molar-refractivity contribution is 0.159. The van der Waals surface area contributed by atoms with Crippen LogP contribution in [0.1, 0.15) is 51.5 Å². The third-order valence-corrected chi connectivity index (χ3v) is 3.96. The molecule has 1 N–H and O–H groups in total. The second kappa shape index (κ2) is 7.06. The largest absolute Gasteiger partial charge is 0.360 e. The summed E-state index contributed by atoms with van der Waals surface area (Å²) in [6.45, 7) is 10.7. The van der Waals surface area contributed by atoms with Crippen LogP contribution in [0.15, 0.2) is 10.6 Å². The normalized spacial score (nSPS) is 18.3. The highest BCUT2D eigenvalue weighted by Crippen LogP contribution is 2.21. The molecule has 2 heterocycles. The van der Waals surface area contributed by atoms with Crippen molar-refractivity contribution >= 4 is 0 Å². The number of hydrogen-bond acceptors (Lipinski definition) is 4. The molecule has 0 bridgehead atoms. The fraction of sp³-hybridized carbons (Fsp3) is 0.800. The Hall–Kier alpha value is -0.870. The minimum Gasteiger partial charge on any atom is -0.360 e. The van der Waals surface area contributed by atoms with Crippen molar-refractivity contribution in [2.24, 2.45) is 5.92 Å². The van der Waals surface area contributed by atoms with Crippen molar-refractivity contribution in [1.29, 1.82) is 0 Å². The van der Waals surface area contributed by atoms with Crippen LogP contribution in [-0.4, -0.2) is 29.2 Å². The smallest absolute Gasteiger partial charge is 0.151 e. The molecular formula is C15H27N3O. The SMILES string of the molecule is CCC1CCN(Cc2cc(CNC(C)C)no2)CC1. The molecule has 0 saturated carbocycles. The Balaban J connectivity index is 1.77. The molecular weight excluding hydrogens is 238 g/mol. The van der Waals surface area contributed by atoms with Gasteiger partial charge in [-0.2, -0.15) is 0 Å². The highest BCUT2D eigenvalue weighted by molar-refractivity contribution is 5.05. The van der Waals surface area contributed by atoms with Gasteiger partial charge in [0, 0.05) is 18.7 Å². The minimum atomic E-state index is 0.480. The highest BCUT2D eigenvalue weighted by Gasteiger charge is 2.19. The van der Waals surface area contributed by atoms with E-state index in [1.165, 1.54) is 32.4 Å². The zero-order chi connectivity index (χ0) is 13.7. The van der Waals surface area contributed by atoms with E-state index >= 15 is 0 Å². The van der Waals surface area contributed by atoms with E-state index in [0.717, 1.165) is 30.5 Å². The Morgan fingerprint density at radius 2 is 2.16 bits per heavy atom. The number of nitrogens with zero attached hydrogens (tertiary/aromatic N) is 2. The van der Waals surface area contributed by atoms with Crippen molar-refractivity contribution in [3.8, 4) is 0 Å². The standard InChI is InChI=1S/C15H27N3O/c1-4-13-5-7-18(8-6-13)11-15-9-14(17-19-15)10-16-12(2)3/h9,12-13,16H,4-8,10-11H2,1-3H3. The van der Waals surface area contributed by atoms with Gasteiger partial charge in [-0.1, -0.05) is 32.3 Å².